The van der Waals surface area contributed by atoms with Crippen molar-refractivity contribution in [2.24, 2.45) is 0 Å². The zero-order valence-corrected chi connectivity index (χ0v) is 12.9. The summed E-state index contributed by atoms with van der Waals surface area (Å²) in [5, 5.41) is 10.9. The second-order valence-corrected chi connectivity index (χ2v) is 5.97. The van der Waals surface area contributed by atoms with Gasteiger partial charge in [0.2, 0.25) is 0 Å². The van der Waals surface area contributed by atoms with Crippen LogP contribution in [0.5, 0.6) is 0 Å². The highest BCUT2D eigenvalue weighted by molar-refractivity contribution is 5.30. The molecule has 0 bridgehead atoms. The molecule has 2 heteroatoms. The number of halogens is 1. The molecule has 2 aromatic carbocycles. The van der Waals surface area contributed by atoms with Crippen molar-refractivity contribution in [3.8, 4) is 0 Å². The molecule has 0 aliphatic rings. The van der Waals surface area contributed by atoms with Crippen LogP contribution in [0.2, 0.25) is 0 Å². The fraction of sp³-hybridized carbons (Fsp3) is 0.368. The van der Waals surface area contributed by atoms with Crippen LogP contribution in [-0.2, 0) is 12.0 Å². The van der Waals surface area contributed by atoms with E-state index in [1.165, 1.54) is 17.7 Å². The minimum absolute atomic E-state index is 0.311. The van der Waals surface area contributed by atoms with Gasteiger partial charge < -0.3 is 5.11 Å². The van der Waals surface area contributed by atoms with Crippen molar-refractivity contribution in [3.05, 3.63) is 71.0 Å². The lowest BCUT2D eigenvalue weighted by atomic mass is 9.84. The lowest BCUT2D eigenvalue weighted by Gasteiger charge is -2.28. The molecule has 1 unspecified atom stereocenters. The summed E-state index contributed by atoms with van der Waals surface area (Å²) in [5.41, 5.74) is 1.96. The second-order valence-electron chi connectivity index (χ2n) is 5.97. The van der Waals surface area contributed by atoms with E-state index >= 15 is 0 Å². The first kappa shape index (κ1) is 15.7. The van der Waals surface area contributed by atoms with Crippen LogP contribution < -0.4 is 0 Å². The fourth-order valence-electron chi connectivity index (χ4n) is 2.57. The zero-order chi connectivity index (χ0) is 15.5. The van der Waals surface area contributed by atoms with Gasteiger partial charge in [0.25, 0.3) is 0 Å². The summed E-state index contributed by atoms with van der Waals surface area (Å²) in [6.45, 7) is 6.24. The summed E-state index contributed by atoms with van der Waals surface area (Å²) in [4.78, 5) is 0. The van der Waals surface area contributed by atoms with E-state index in [0.717, 1.165) is 5.56 Å². The number of benzene rings is 2. The minimum atomic E-state index is -1.03. The Morgan fingerprint density at radius 2 is 1.76 bits per heavy atom. The third kappa shape index (κ3) is 3.70. The molecule has 0 radical (unpaired) electrons. The van der Waals surface area contributed by atoms with Crippen LogP contribution in [0.15, 0.2) is 48.5 Å². The van der Waals surface area contributed by atoms with Gasteiger partial charge in [-0.05, 0) is 41.2 Å². The minimum Gasteiger partial charge on any atom is -0.385 e. The molecule has 0 aliphatic heterocycles. The highest BCUT2D eigenvalue weighted by Crippen LogP contribution is 2.30. The summed E-state index contributed by atoms with van der Waals surface area (Å²) >= 11 is 0. The van der Waals surface area contributed by atoms with Crippen LogP contribution in [0.1, 0.15) is 49.8 Å². The maximum absolute atomic E-state index is 13.4. The lowest BCUT2D eigenvalue weighted by molar-refractivity contribution is 0.0324. The Morgan fingerprint density at radius 3 is 2.29 bits per heavy atom. The lowest BCUT2D eigenvalue weighted by Crippen LogP contribution is -2.27. The average molecular weight is 286 g/mol. The second kappa shape index (κ2) is 6.40. The van der Waals surface area contributed by atoms with Crippen LogP contribution in [-0.4, -0.2) is 5.11 Å². The third-order valence-corrected chi connectivity index (χ3v) is 4.09. The Balaban J connectivity index is 2.25. The van der Waals surface area contributed by atoms with Crippen molar-refractivity contribution in [1.29, 1.82) is 0 Å². The molecule has 2 rings (SSSR count). The van der Waals surface area contributed by atoms with E-state index in [9.17, 15) is 9.50 Å². The van der Waals surface area contributed by atoms with E-state index in [1.807, 2.05) is 6.92 Å². The molecular formula is C19H23FO. The summed E-state index contributed by atoms with van der Waals surface area (Å²) in [6.07, 6.45) is 1.04. The summed E-state index contributed by atoms with van der Waals surface area (Å²) in [7, 11) is 0. The molecule has 0 spiro atoms. The van der Waals surface area contributed by atoms with E-state index in [-0.39, 0.29) is 5.82 Å². The monoisotopic (exact) mass is 286 g/mol. The van der Waals surface area contributed by atoms with Crippen molar-refractivity contribution in [3.63, 3.8) is 0 Å². The first-order valence-electron chi connectivity index (χ1n) is 7.52. The standard InChI is InChI=1S/C19H23FO/c1-4-19(21,17-6-5-7-18(20)12-17)13-15-8-10-16(11-9-15)14(2)3/h5-12,14,21H,4,13H2,1-3H3. The number of hydrogen-bond donors (Lipinski definition) is 1. The quantitative estimate of drug-likeness (QED) is 0.838. The maximum atomic E-state index is 13.4. The molecule has 0 fully saturated rings. The Bertz CT molecular complexity index is 589. The van der Waals surface area contributed by atoms with E-state index in [2.05, 4.69) is 38.1 Å². The SMILES string of the molecule is CCC(O)(Cc1ccc(C(C)C)cc1)c1cccc(F)c1. The van der Waals surface area contributed by atoms with Crippen LogP contribution >= 0.6 is 0 Å². The van der Waals surface area contributed by atoms with Crippen molar-refractivity contribution < 1.29 is 9.50 Å². The fourth-order valence-corrected chi connectivity index (χ4v) is 2.57. The van der Waals surface area contributed by atoms with Crippen molar-refractivity contribution in [2.75, 3.05) is 0 Å². The zero-order valence-electron chi connectivity index (χ0n) is 12.9. The van der Waals surface area contributed by atoms with E-state index in [1.54, 1.807) is 12.1 Å². The first-order chi connectivity index (χ1) is 9.94. The number of rotatable bonds is 5. The van der Waals surface area contributed by atoms with Crippen molar-refractivity contribution in [2.45, 2.75) is 45.1 Å². The molecule has 21 heavy (non-hydrogen) atoms. The van der Waals surface area contributed by atoms with Gasteiger partial charge in [-0.15, -0.1) is 0 Å². The van der Waals surface area contributed by atoms with Gasteiger partial charge in [0, 0.05) is 6.42 Å². The smallest absolute Gasteiger partial charge is 0.123 e. The molecular weight excluding hydrogens is 263 g/mol. The van der Waals surface area contributed by atoms with E-state index in [4.69, 9.17) is 0 Å². The third-order valence-electron chi connectivity index (χ3n) is 4.09. The van der Waals surface area contributed by atoms with Crippen LogP contribution in [0.4, 0.5) is 4.39 Å². The molecule has 0 saturated heterocycles. The molecule has 1 atom stereocenters. The van der Waals surface area contributed by atoms with Crippen molar-refractivity contribution >= 4 is 0 Å². The first-order valence-corrected chi connectivity index (χ1v) is 7.52. The van der Waals surface area contributed by atoms with Crippen LogP contribution in [0.25, 0.3) is 0 Å². The highest BCUT2D eigenvalue weighted by atomic mass is 19.1. The van der Waals surface area contributed by atoms with Gasteiger partial charge in [0.05, 0.1) is 5.60 Å². The van der Waals surface area contributed by atoms with E-state index in [0.29, 0.717) is 24.3 Å². The van der Waals surface area contributed by atoms with Gasteiger partial charge in [-0.3, -0.25) is 0 Å². The Hall–Kier alpha value is -1.67. The number of aliphatic hydroxyl groups is 1. The van der Waals surface area contributed by atoms with Gasteiger partial charge in [-0.25, -0.2) is 4.39 Å². The Kier molecular flexibility index (Phi) is 4.79. The largest absolute Gasteiger partial charge is 0.385 e. The molecule has 1 nitrogen and oxygen atoms in total. The summed E-state index contributed by atoms with van der Waals surface area (Å²) < 4.78 is 13.4. The molecule has 0 aromatic heterocycles. The van der Waals surface area contributed by atoms with Crippen LogP contribution in [0, 0.1) is 5.82 Å². The molecule has 0 heterocycles. The van der Waals surface area contributed by atoms with Gasteiger partial charge in [-0.2, -0.15) is 0 Å². The van der Waals surface area contributed by atoms with Gasteiger partial charge in [0.1, 0.15) is 5.82 Å². The summed E-state index contributed by atoms with van der Waals surface area (Å²) in [6, 6.07) is 14.6. The van der Waals surface area contributed by atoms with Crippen LogP contribution in [0.3, 0.4) is 0 Å². The van der Waals surface area contributed by atoms with E-state index < -0.39 is 5.60 Å². The maximum Gasteiger partial charge on any atom is 0.123 e. The van der Waals surface area contributed by atoms with Gasteiger partial charge in [-0.1, -0.05) is 57.2 Å². The molecule has 0 amide bonds. The Labute approximate surface area is 126 Å². The van der Waals surface area contributed by atoms with Gasteiger partial charge >= 0.3 is 0 Å². The normalized spacial score (nSPS) is 14.2. The van der Waals surface area contributed by atoms with Gasteiger partial charge in [0.15, 0.2) is 0 Å². The molecule has 0 aliphatic carbocycles. The topological polar surface area (TPSA) is 20.2 Å². The number of hydrogen-bond acceptors (Lipinski definition) is 1. The highest BCUT2D eigenvalue weighted by Gasteiger charge is 2.27. The molecule has 1 N–H and O–H groups in total. The molecule has 0 saturated carbocycles. The summed E-state index contributed by atoms with van der Waals surface area (Å²) in [5.74, 6) is 0.182. The average Bonchev–Trinajstić information content (AvgIpc) is 2.47. The molecule has 112 valence electrons. The van der Waals surface area contributed by atoms with Crippen molar-refractivity contribution in [1.82, 2.24) is 0 Å². The predicted octanol–water partition coefficient (Wildman–Crippen LogP) is 4.79. The Morgan fingerprint density at radius 1 is 1.10 bits per heavy atom. The predicted molar refractivity (Wildman–Crippen MR) is 84.8 cm³/mol. The molecule has 2 aromatic rings.